The Labute approximate surface area is 221 Å². The van der Waals surface area contributed by atoms with Gasteiger partial charge in [-0.2, -0.15) is 18.4 Å². The van der Waals surface area contributed by atoms with Crippen LogP contribution in [-0.4, -0.2) is 36.4 Å². The van der Waals surface area contributed by atoms with E-state index >= 15 is 0 Å². The maximum Gasteiger partial charge on any atom is 0.471 e. The quantitative estimate of drug-likeness (QED) is 0.425. The highest BCUT2D eigenvalue weighted by Gasteiger charge is 2.48. The lowest BCUT2D eigenvalue weighted by molar-refractivity contribution is -0.171. The normalized spacial score (nSPS) is 18.1. The molecule has 2 aliphatic heterocycles. The molecule has 5 rings (SSSR count). The van der Waals surface area contributed by atoms with Gasteiger partial charge in [-0.15, -0.1) is 0 Å². The van der Waals surface area contributed by atoms with Crippen LogP contribution in [0.2, 0.25) is 0 Å². The van der Waals surface area contributed by atoms with Crippen molar-refractivity contribution < 1.29 is 37.3 Å². The second kappa shape index (κ2) is 9.87. The van der Waals surface area contributed by atoms with Crippen LogP contribution in [0.3, 0.4) is 0 Å². The van der Waals surface area contributed by atoms with Crippen LogP contribution in [0, 0.1) is 17.2 Å². The summed E-state index contributed by atoms with van der Waals surface area (Å²) in [5.41, 5.74) is 2.34. The number of alkyl halides is 3. The molecule has 0 fully saturated rings. The van der Waals surface area contributed by atoms with E-state index in [0.717, 1.165) is 0 Å². The number of nitrogens with one attached hydrogen (secondary N) is 1. The number of amides is 1. The zero-order valence-corrected chi connectivity index (χ0v) is 20.5. The molecule has 0 bridgehead atoms. The van der Waals surface area contributed by atoms with Crippen LogP contribution in [-0.2, 0) is 9.59 Å². The number of carbonyl (C=O) groups is 2. The monoisotopic (exact) mass is 537 g/mol. The molecule has 0 aromatic heterocycles. The molecule has 200 valence electrons. The van der Waals surface area contributed by atoms with Crippen LogP contribution in [0.5, 0.6) is 11.5 Å². The topological polar surface area (TPSA) is 112 Å². The first kappa shape index (κ1) is 25.9. The Balaban J connectivity index is 1.52. The van der Waals surface area contributed by atoms with Crippen molar-refractivity contribution in [2.24, 2.45) is 5.92 Å². The molecule has 1 unspecified atom stereocenters. The standard InChI is InChI=1S/C28H22F3N3O5/c1-15(26(35)36)21-13-38-24-11-18(8-9-19(21)24)34(27(37)28(29,30)31)23-14-39-25-20(23)6-3-7-22(25)33-17-5-2-4-16(10-17)12-32/h2-11,15,21,23,33H,13-14H2,1H3,(H,35,36)/t15?,21-,23+/m0/s1. The summed E-state index contributed by atoms with van der Waals surface area (Å²) in [6, 6.07) is 16.7. The molecule has 0 saturated heterocycles. The summed E-state index contributed by atoms with van der Waals surface area (Å²) in [5.74, 6) is -3.80. The van der Waals surface area contributed by atoms with Gasteiger partial charge >= 0.3 is 18.1 Å². The third kappa shape index (κ3) is 4.81. The molecule has 39 heavy (non-hydrogen) atoms. The number of para-hydroxylation sites is 1. The number of fused-ring (bicyclic) bond motifs is 2. The molecule has 2 N–H and O–H groups in total. The summed E-state index contributed by atoms with van der Waals surface area (Å²) in [4.78, 5) is 24.9. The van der Waals surface area contributed by atoms with Crippen molar-refractivity contribution >= 4 is 28.9 Å². The number of aliphatic carboxylic acids is 1. The molecule has 11 heteroatoms. The fourth-order valence-corrected chi connectivity index (χ4v) is 4.90. The van der Waals surface area contributed by atoms with Gasteiger partial charge in [-0.25, -0.2) is 0 Å². The van der Waals surface area contributed by atoms with E-state index in [2.05, 4.69) is 5.32 Å². The summed E-state index contributed by atoms with van der Waals surface area (Å²) in [5, 5.41) is 21.7. The number of hydrogen-bond acceptors (Lipinski definition) is 6. The van der Waals surface area contributed by atoms with Gasteiger partial charge in [0.25, 0.3) is 0 Å². The Kier molecular flexibility index (Phi) is 6.56. The molecule has 3 aromatic carbocycles. The molecule has 0 radical (unpaired) electrons. The van der Waals surface area contributed by atoms with Gasteiger partial charge < -0.3 is 19.9 Å². The number of nitrogens with zero attached hydrogens (tertiary/aromatic N) is 2. The number of ether oxygens (including phenoxy) is 2. The Hall–Kier alpha value is -4.72. The molecule has 0 saturated carbocycles. The molecule has 3 aromatic rings. The van der Waals surface area contributed by atoms with Crippen molar-refractivity contribution in [2.45, 2.75) is 25.1 Å². The van der Waals surface area contributed by atoms with E-state index in [4.69, 9.17) is 14.7 Å². The molecule has 2 heterocycles. The Morgan fingerprint density at radius 1 is 1.08 bits per heavy atom. The zero-order valence-electron chi connectivity index (χ0n) is 20.5. The van der Waals surface area contributed by atoms with E-state index in [-0.39, 0.29) is 30.4 Å². The summed E-state index contributed by atoms with van der Waals surface area (Å²) < 4.78 is 52.9. The number of carboxylic acids is 1. The van der Waals surface area contributed by atoms with Gasteiger partial charge in [-0.1, -0.05) is 31.2 Å². The van der Waals surface area contributed by atoms with Gasteiger partial charge in [-0.05, 0) is 30.3 Å². The minimum Gasteiger partial charge on any atom is -0.493 e. The lowest BCUT2D eigenvalue weighted by Gasteiger charge is -2.29. The van der Waals surface area contributed by atoms with Gasteiger partial charge in [0.15, 0.2) is 0 Å². The summed E-state index contributed by atoms with van der Waals surface area (Å²) in [6.07, 6.45) is -5.17. The van der Waals surface area contributed by atoms with Crippen LogP contribution in [0.25, 0.3) is 0 Å². The predicted molar refractivity (Wildman–Crippen MR) is 134 cm³/mol. The fraction of sp³-hybridized carbons (Fsp3) is 0.250. The summed E-state index contributed by atoms with van der Waals surface area (Å²) in [6.45, 7) is 1.37. The van der Waals surface area contributed by atoms with Crippen molar-refractivity contribution in [3.63, 3.8) is 0 Å². The predicted octanol–water partition coefficient (Wildman–Crippen LogP) is 5.53. The number of carboxylic acid groups (broad SMARTS) is 1. The fourth-order valence-electron chi connectivity index (χ4n) is 4.90. The van der Waals surface area contributed by atoms with Crippen LogP contribution in [0.15, 0.2) is 60.7 Å². The number of rotatable bonds is 6. The van der Waals surface area contributed by atoms with Crippen molar-refractivity contribution in [3.05, 3.63) is 77.4 Å². The lowest BCUT2D eigenvalue weighted by atomic mass is 9.89. The van der Waals surface area contributed by atoms with Crippen molar-refractivity contribution in [1.82, 2.24) is 0 Å². The van der Waals surface area contributed by atoms with Gasteiger partial charge in [0, 0.05) is 34.5 Å². The third-order valence-corrected chi connectivity index (χ3v) is 6.92. The van der Waals surface area contributed by atoms with E-state index in [1.54, 1.807) is 42.5 Å². The highest BCUT2D eigenvalue weighted by molar-refractivity contribution is 5.98. The highest BCUT2D eigenvalue weighted by Crippen LogP contribution is 2.47. The highest BCUT2D eigenvalue weighted by atomic mass is 19.4. The molecular formula is C28H22F3N3O5. The van der Waals surface area contributed by atoms with Crippen molar-refractivity contribution in [2.75, 3.05) is 23.4 Å². The number of nitriles is 1. The third-order valence-electron chi connectivity index (χ3n) is 6.92. The van der Waals surface area contributed by atoms with Crippen molar-refractivity contribution in [3.8, 4) is 17.6 Å². The van der Waals surface area contributed by atoms with Gasteiger partial charge in [-0.3, -0.25) is 14.5 Å². The Morgan fingerprint density at radius 3 is 2.56 bits per heavy atom. The van der Waals surface area contributed by atoms with Crippen LogP contribution in [0.1, 0.15) is 35.6 Å². The molecule has 1 amide bonds. The number of benzene rings is 3. The minimum atomic E-state index is -5.17. The first-order valence-corrected chi connectivity index (χ1v) is 12.0. The maximum atomic E-state index is 13.8. The van der Waals surface area contributed by atoms with Gasteiger partial charge in [0.2, 0.25) is 0 Å². The van der Waals surface area contributed by atoms with E-state index in [0.29, 0.717) is 33.0 Å². The van der Waals surface area contributed by atoms with E-state index in [1.165, 1.54) is 25.1 Å². The second-order valence-electron chi connectivity index (χ2n) is 9.31. The molecule has 3 atom stereocenters. The number of halogens is 3. The smallest absolute Gasteiger partial charge is 0.471 e. The lowest BCUT2D eigenvalue weighted by Crippen LogP contribution is -2.44. The molecule has 0 aliphatic carbocycles. The molecular weight excluding hydrogens is 515 g/mol. The van der Waals surface area contributed by atoms with Crippen molar-refractivity contribution in [1.29, 1.82) is 5.26 Å². The maximum absolute atomic E-state index is 13.8. The van der Waals surface area contributed by atoms with Gasteiger partial charge in [0.05, 0.1) is 35.9 Å². The van der Waals surface area contributed by atoms with Crippen LogP contribution < -0.4 is 19.7 Å². The summed E-state index contributed by atoms with van der Waals surface area (Å²) in [7, 11) is 0. The largest absolute Gasteiger partial charge is 0.493 e. The average molecular weight is 537 g/mol. The van der Waals surface area contributed by atoms with Gasteiger partial charge in [0.1, 0.15) is 18.1 Å². The SMILES string of the molecule is CC(C(=O)O)[C@@H]1COc2cc(N(C(=O)C(F)(F)F)[C@@H]3COc4c(Nc5cccc(C#N)c5)cccc43)ccc21. The van der Waals surface area contributed by atoms with E-state index in [1.807, 2.05) is 6.07 Å². The number of hydrogen-bond donors (Lipinski definition) is 2. The number of anilines is 3. The Morgan fingerprint density at radius 2 is 1.85 bits per heavy atom. The Bertz CT molecular complexity index is 1500. The van der Waals surface area contributed by atoms with E-state index < -0.39 is 35.9 Å². The molecule has 2 aliphatic rings. The van der Waals surface area contributed by atoms with Crippen LogP contribution >= 0.6 is 0 Å². The first-order chi connectivity index (χ1) is 18.6. The second-order valence-corrected chi connectivity index (χ2v) is 9.31. The average Bonchev–Trinajstić information content (AvgIpc) is 3.53. The first-order valence-electron chi connectivity index (χ1n) is 12.0. The minimum absolute atomic E-state index is 0.0544. The molecule has 0 spiro atoms. The van der Waals surface area contributed by atoms with Crippen LogP contribution in [0.4, 0.5) is 30.2 Å². The number of carbonyl (C=O) groups excluding carboxylic acids is 1. The molecule has 8 nitrogen and oxygen atoms in total. The van der Waals surface area contributed by atoms with E-state index in [9.17, 15) is 27.9 Å². The summed E-state index contributed by atoms with van der Waals surface area (Å²) >= 11 is 0. The zero-order chi connectivity index (χ0) is 27.9.